The van der Waals surface area contributed by atoms with E-state index in [0.29, 0.717) is 57.8 Å². The van der Waals surface area contributed by atoms with Gasteiger partial charge in [0.05, 0.1) is 6.54 Å². The monoisotopic (exact) mass is 580 g/mol. The van der Waals surface area contributed by atoms with Crippen molar-refractivity contribution in [2.75, 3.05) is 64.0 Å². The minimum Gasteiger partial charge on any atom is -0.443 e. The first-order chi connectivity index (χ1) is 19.4. The first-order valence-corrected chi connectivity index (χ1v) is 14.2. The molecule has 4 rings (SSSR count). The van der Waals surface area contributed by atoms with Gasteiger partial charge in [-0.05, 0) is 45.7 Å². The number of hydrogen-bond donors (Lipinski definition) is 3. The van der Waals surface area contributed by atoms with Gasteiger partial charge in [-0.3, -0.25) is 19.9 Å². The molecule has 228 valence electrons. The molecule has 0 bridgehead atoms. The number of alkyl halides is 2. The third-order valence-corrected chi connectivity index (χ3v) is 7.71. The van der Waals surface area contributed by atoms with Crippen molar-refractivity contribution in [2.24, 2.45) is 5.92 Å². The predicted octanol–water partition coefficient (Wildman–Crippen LogP) is 2.01. The van der Waals surface area contributed by atoms with Crippen LogP contribution in [-0.4, -0.2) is 108 Å². The Kier molecular flexibility index (Phi) is 9.70. The molecule has 3 aliphatic heterocycles. The fourth-order valence-corrected chi connectivity index (χ4v) is 5.68. The Morgan fingerprint density at radius 3 is 2.54 bits per heavy atom. The summed E-state index contributed by atoms with van der Waals surface area (Å²) in [6.07, 6.45) is 0.258. The molecule has 3 aliphatic rings. The molecule has 1 atom stereocenters. The summed E-state index contributed by atoms with van der Waals surface area (Å²) in [5, 5.41) is 12.4. The maximum atomic E-state index is 15.1. The number of halogens is 2. The van der Waals surface area contributed by atoms with Crippen LogP contribution in [0.1, 0.15) is 56.0 Å². The van der Waals surface area contributed by atoms with Crippen LogP contribution >= 0.6 is 0 Å². The number of hydrazine groups is 1. The lowest BCUT2D eigenvalue weighted by Crippen LogP contribution is -2.58. The van der Waals surface area contributed by atoms with Crippen LogP contribution in [0, 0.1) is 5.92 Å². The van der Waals surface area contributed by atoms with Crippen molar-refractivity contribution in [2.45, 2.75) is 58.1 Å². The Morgan fingerprint density at radius 2 is 1.88 bits per heavy atom. The molecule has 0 saturated carbocycles. The Hall–Kier alpha value is -3.03. The molecule has 2 fully saturated rings. The van der Waals surface area contributed by atoms with Gasteiger partial charge in [0, 0.05) is 81.5 Å². The summed E-state index contributed by atoms with van der Waals surface area (Å²) in [7, 11) is 0. The van der Waals surface area contributed by atoms with Crippen molar-refractivity contribution in [3.63, 3.8) is 0 Å². The van der Waals surface area contributed by atoms with Crippen LogP contribution in [0.2, 0.25) is 0 Å². The molecule has 1 unspecified atom stereocenters. The maximum Gasteiger partial charge on any atom is 0.422 e. The molecule has 0 aromatic heterocycles. The number of carbonyl (C=O) groups is 3. The zero-order chi connectivity index (χ0) is 29.8. The molecular weight excluding hydrogens is 538 g/mol. The number of nitrogens with zero attached hydrogens (tertiary/aromatic N) is 4. The smallest absolute Gasteiger partial charge is 0.422 e. The number of piperazine rings is 1. The molecule has 3 N–H and O–H groups in total. The van der Waals surface area contributed by atoms with Gasteiger partial charge in [0.1, 0.15) is 12.3 Å². The molecule has 0 radical (unpaired) electrons. The number of rotatable bonds is 9. The van der Waals surface area contributed by atoms with Crippen molar-refractivity contribution in [3.8, 4) is 0 Å². The van der Waals surface area contributed by atoms with E-state index >= 15 is 8.78 Å². The fourth-order valence-electron chi connectivity index (χ4n) is 5.68. The van der Waals surface area contributed by atoms with Crippen LogP contribution in [0.5, 0.6) is 0 Å². The number of fused-ring (bicyclic) bond motifs is 1. The lowest BCUT2D eigenvalue weighted by atomic mass is 9.92. The summed E-state index contributed by atoms with van der Waals surface area (Å²) in [4.78, 5) is 42.6. The number of carbonyl (C=O) groups excluding carboxylic acids is 3. The first kappa shape index (κ1) is 30.9. The number of piperidine rings is 1. The lowest BCUT2D eigenvalue weighted by molar-refractivity contribution is -0.128. The minimum atomic E-state index is -2.95. The van der Waals surface area contributed by atoms with E-state index in [1.165, 1.54) is 5.01 Å². The molecule has 11 nitrogen and oxygen atoms in total. The summed E-state index contributed by atoms with van der Waals surface area (Å²) < 4.78 is 35.3. The van der Waals surface area contributed by atoms with Gasteiger partial charge in [-0.15, -0.1) is 0 Å². The van der Waals surface area contributed by atoms with Crippen LogP contribution in [0.25, 0.3) is 0 Å². The Balaban J connectivity index is 1.27. The third kappa shape index (κ3) is 8.04. The van der Waals surface area contributed by atoms with Gasteiger partial charge in [0.25, 0.3) is 11.8 Å². The fraction of sp³-hybridized carbons (Fsp3) is 0.679. The van der Waals surface area contributed by atoms with Crippen LogP contribution in [0.3, 0.4) is 0 Å². The topological polar surface area (TPSA) is 118 Å². The van der Waals surface area contributed by atoms with E-state index in [1.54, 1.807) is 25.7 Å². The number of aliphatic hydroxyl groups is 1. The van der Waals surface area contributed by atoms with E-state index < -0.39 is 36.8 Å². The average Bonchev–Trinajstić information content (AvgIpc) is 3.20. The van der Waals surface area contributed by atoms with E-state index in [4.69, 9.17) is 9.84 Å². The van der Waals surface area contributed by atoms with Crippen LogP contribution in [-0.2, 0) is 16.1 Å². The second kappa shape index (κ2) is 12.9. The van der Waals surface area contributed by atoms with Gasteiger partial charge in [0.2, 0.25) is 5.91 Å². The van der Waals surface area contributed by atoms with Gasteiger partial charge in [-0.1, -0.05) is 6.07 Å². The van der Waals surface area contributed by atoms with Crippen molar-refractivity contribution < 1.29 is 33.0 Å². The maximum absolute atomic E-state index is 15.1. The number of nitrogens with one attached hydrogen (secondary N) is 2. The normalized spacial score (nSPS) is 21.5. The van der Waals surface area contributed by atoms with E-state index in [2.05, 4.69) is 20.5 Å². The molecule has 1 aromatic carbocycles. The van der Waals surface area contributed by atoms with E-state index in [-0.39, 0.29) is 31.2 Å². The predicted molar refractivity (Wildman–Crippen MR) is 148 cm³/mol. The molecule has 1 aromatic rings. The highest BCUT2D eigenvalue weighted by atomic mass is 19.3. The van der Waals surface area contributed by atoms with Crippen LogP contribution in [0.4, 0.5) is 19.3 Å². The van der Waals surface area contributed by atoms with E-state index in [9.17, 15) is 14.4 Å². The lowest BCUT2D eigenvalue weighted by Gasteiger charge is -2.42. The number of hydrogen-bond acceptors (Lipinski definition) is 8. The summed E-state index contributed by atoms with van der Waals surface area (Å²) in [5.74, 6) is -4.07. The molecule has 41 heavy (non-hydrogen) atoms. The van der Waals surface area contributed by atoms with Crippen molar-refractivity contribution in [3.05, 3.63) is 29.3 Å². The molecule has 3 heterocycles. The Labute approximate surface area is 239 Å². The molecule has 2 saturated heterocycles. The first-order valence-electron chi connectivity index (χ1n) is 14.2. The average molecular weight is 581 g/mol. The number of anilines is 1. The highest BCUT2D eigenvalue weighted by Gasteiger charge is 2.46. The minimum absolute atomic E-state index is 0.0576. The highest BCUT2D eigenvalue weighted by molar-refractivity contribution is 6.00. The van der Waals surface area contributed by atoms with Crippen molar-refractivity contribution in [1.29, 1.82) is 0 Å². The Morgan fingerprint density at radius 1 is 1.15 bits per heavy atom. The van der Waals surface area contributed by atoms with Gasteiger partial charge in [-0.2, -0.15) is 0 Å². The second-order valence-corrected chi connectivity index (χ2v) is 12.0. The molecule has 0 aliphatic carbocycles. The van der Waals surface area contributed by atoms with Crippen molar-refractivity contribution >= 4 is 23.6 Å². The van der Waals surface area contributed by atoms with Crippen molar-refractivity contribution in [1.82, 2.24) is 25.6 Å². The third-order valence-electron chi connectivity index (χ3n) is 7.71. The molecule has 0 spiro atoms. The number of benzene rings is 1. The van der Waals surface area contributed by atoms with Crippen LogP contribution < -0.4 is 15.6 Å². The summed E-state index contributed by atoms with van der Waals surface area (Å²) in [6.45, 7) is 8.32. The molecule has 13 heteroatoms. The molecular formula is C28H42F2N6O5. The highest BCUT2D eigenvalue weighted by Crippen LogP contribution is 2.35. The number of ether oxygens (including phenoxy) is 1. The Bertz CT molecular complexity index is 1110. The molecule has 3 amide bonds. The van der Waals surface area contributed by atoms with E-state index in [0.717, 1.165) is 11.3 Å². The zero-order valence-electron chi connectivity index (χ0n) is 24.1. The van der Waals surface area contributed by atoms with Gasteiger partial charge in [0.15, 0.2) is 0 Å². The SMILES string of the molecule is CC(C)(C)OC(=O)NN1CCC(CN2CCN(c3cccc4c3CN(CCCC(=O)NCO)C4=O)CC2)C(F)(F)C1. The number of amides is 3. The number of aliphatic hydroxyl groups excluding tert-OH is 1. The quantitative estimate of drug-likeness (QED) is 0.380. The van der Waals surface area contributed by atoms with E-state index in [1.807, 2.05) is 18.2 Å². The van der Waals surface area contributed by atoms with Gasteiger partial charge in [-0.25, -0.2) is 18.6 Å². The van der Waals surface area contributed by atoms with Gasteiger partial charge >= 0.3 is 6.09 Å². The van der Waals surface area contributed by atoms with Gasteiger partial charge < -0.3 is 25.0 Å². The summed E-state index contributed by atoms with van der Waals surface area (Å²) >= 11 is 0. The summed E-state index contributed by atoms with van der Waals surface area (Å²) in [6, 6.07) is 5.69. The second-order valence-electron chi connectivity index (χ2n) is 12.0. The standard InChI is InChI=1S/C28H42F2N6O5/c1-27(2,3)41-26(40)32-36-11-9-20(28(29,30)18-36)16-33-12-14-34(15-13-33)23-7-4-6-21-22(23)17-35(25(21)39)10-5-8-24(38)31-19-37/h4,6-7,20,37H,5,8-19H2,1-3H3,(H,31,38)(H,32,40). The summed E-state index contributed by atoms with van der Waals surface area (Å²) in [5.41, 5.74) is 4.35. The zero-order valence-corrected chi connectivity index (χ0v) is 24.1. The van der Waals surface area contributed by atoms with Crippen LogP contribution in [0.15, 0.2) is 18.2 Å². The largest absolute Gasteiger partial charge is 0.443 e.